The first-order valence-electron chi connectivity index (χ1n) is 4.19. The molecule has 4 heteroatoms. The topological polar surface area (TPSA) is 0 Å². The molecule has 0 aliphatic carbocycles. The first kappa shape index (κ1) is 11.0. The van der Waals surface area contributed by atoms with E-state index < -0.39 is 29.0 Å². The summed E-state index contributed by atoms with van der Waals surface area (Å²) in [4.78, 5) is 0. The van der Waals surface area contributed by atoms with E-state index in [-0.39, 0.29) is 0 Å². The van der Waals surface area contributed by atoms with Crippen LogP contribution in [-0.2, 0) is 5.92 Å². The van der Waals surface area contributed by atoms with Crippen LogP contribution in [0, 0.1) is 17.6 Å². The second kappa shape index (κ2) is 3.59. The molecule has 1 rings (SSSR count). The summed E-state index contributed by atoms with van der Waals surface area (Å²) in [5, 5.41) is 0. The van der Waals surface area contributed by atoms with Crippen molar-refractivity contribution in [2.75, 3.05) is 0 Å². The minimum Gasteiger partial charge on any atom is -0.207 e. The molecule has 0 aliphatic heterocycles. The molecular weight excluding hydrogens is 196 g/mol. The molecule has 78 valence electrons. The molecule has 0 unspecified atom stereocenters. The molecule has 0 nitrogen and oxygen atoms in total. The van der Waals surface area contributed by atoms with Gasteiger partial charge in [0.15, 0.2) is 0 Å². The van der Waals surface area contributed by atoms with Gasteiger partial charge in [-0.05, 0) is 12.1 Å². The lowest BCUT2D eigenvalue weighted by molar-refractivity contribution is -0.0544. The van der Waals surface area contributed by atoms with Crippen molar-refractivity contribution in [1.82, 2.24) is 0 Å². The number of alkyl halides is 2. The molecule has 0 amide bonds. The Kier molecular flexibility index (Phi) is 2.83. The molecule has 0 aromatic heterocycles. The van der Waals surface area contributed by atoms with E-state index in [9.17, 15) is 17.6 Å². The highest BCUT2D eigenvalue weighted by atomic mass is 19.3. The van der Waals surface area contributed by atoms with Crippen molar-refractivity contribution in [2.45, 2.75) is 19.8 Å². The van der Waals surface area contributed by atoms with Gasteiger partial charge in [0.2, 0.25) is 0 Å². The Bertz CT molecular complexity index is 331. The number of halogens is 4. The molecule has 0 heterocycles. The quantitative estimate of drug-likeness (QED) is 0.647. The van der Waals surface area contributed by atoms with E-state index in [1.807, 2.05) is 0 Å². The standard InChI is InChI=1S/C10H10F4/c1-6(2)10(13,14)8-4-3-7(11)5-9(8)12/h3-6H,1-2H3. The van der Waals surface area contributed by atoms with Gasteiger partial charge < -0.3 is 0 Å². The number of benzene rings is 1. The maximum Gasteiger partial charge on any atom is 0.278 e. The van der Waals surface area contributed by atoms with Crippen molar-refractivity contribution in [1.29, 1.82) is 0 Å². The van der Waals surface area contributed by atoms with E-state index in [2.05, 4.69) is 0 Å². The maximum absolute atomic E-state index is 13.3. The van der Waals surface area contributed by atoms with Crippen LogP contribution in [0.15, 0.2) is 18.2 Å². The highest BCUT2D eigenvalue weighted by molar-refractivity contribution is 5.23. The van der Waals surface area contributed by atoms with Gasteiger partial charge in [-0.25, -0.2) is 17.6 Å². The second-order valence-corrected chi connectivity index (χ2v) is 3.40. The zero-order valence-electron chi connectivity index (χ0n) is 7.82. The number of rotatable bonds is 2. The van der Waals surface area contributed by atoms with Crippen molar-refractivity contribution in [3.05, 3.63) is 35.4 Å². The van der Waals surface area contributed by atoms with Crippen LogP contribution in [0.4, 0.5) is 17.6 Å². The Balaban J connectivity index is 3.19. The second-order valence-electron chi connectivity index (χ2n) is 3.40. The maximum atomic E-state index is 13.3. The zero-order valence-corrected chi connectivity index (χ0v) is 7.82. The monoisotopic (exact) mass is 206 g/mol. The summed E-state index contributed by atoms with van der Waals surface area (Å²) in [7, 11) is 0. The van der Waals surface area contributed by atoms with E-state index in [0.717, 1.165) is 12.1 Å². The lowest BCUT2D eigenvalue weighted by Crippen LogP contribution is -2.22. The fourth-order valence-electron chi connectivity index (χ4n) is 1.07. The molecule has 1 aromatic carbocycles. The molecule has 0 saturated heterocycles. The Morgan fingerprint density at radius 1 is 1.14 bits per heavy atom. The summed E-state index contributed by atoms with van der Waals surface area (Å²) >= 11 is 0. The fraction of sp³-hybridized carbons (Fsp3) is 0.400. The van der Waals surface area contributed by atoms with Crippen molar-refractivity contribution >= 4 is 0 Å². The van der Waals surface area contributed by atoms with Gasteiger partial charge in [0.1, 0.15) is 11.6 Å². The summed E-state index contributed by atoms with van der Waals surface area (Å²) in [5.74, 6) is -6.35. The van der Waals surface area contributed by atoms with Crippen LogP contribution in [0.3, 0.4) is 0 Å². The van der Waals surface area contributed by atoms with Crippen molar-refractivity contribution < 1.29 is 17.6 Å². The average molecular weight is 206 g/mol. The van der Waals surface area contributed by atoms with Gasteiger partial charge in [-0.15, -0.1) is 0 Å². The normalized spacial score (nSPS) is 12.2. The smallest absolute Gasteiger partial charge is 0.207 e. The zero-order chi connectivity index (χ0) is 10.9. The van der Waals surface area contributed by atoms with E-state index in [1.165, 1.54) is 13.8 Å². The molecule has 0 aliphatic rings. The Morgan fingerprint density at radius 2 is 1.71 bits per heavy atom. The summed E-state index contributed by atoms with van der Waals surface area (Å²) in [5.41, 5.74) is -0.756. The molecule has 0 atom stereocenters. The molecule has 0 saturated carbocycles. The van der Waals surface area contributed by atoms with E-state index in [1.54, 1.807) is 0 Å². The Labute approximate surface area is 79.6 Å². The minimum atomic E-state index is -3.27. The van der Waals surface area contributed by atoms with Crippen molar-refractivity contribution in [3.8, 4) is 0 Å². The molecule has 0 radical (unpaired) electrons. The first-order chi connectivity index (χ1) is 6.35. The SMILES string of the molecule is CC(C)C(F)(F)c1ccc(F)cc1F. The molecule has 0 N–H and O–H groups in total. The van der Waals surface area contributed by atoms with E-state index in [4.69, 9.17) is 0 Å². The van der Waals surface area contributed by atoms with Gasteiger partial charge in [-0.1, -0.05) is 13.8 Å². The lowest BCUT2D eigenvalue weighted by Gasteiger charge is -2.21. The van der Waals surface area contributed by atoms with Crippen LogP contribution < -0.4 is 0 Å². The third-order valence-electron chi connectivity index (χ3n) is 2.02. The molecule has 0 fully saturated rings. The van der Waals surface area contributed by atoms with Crippen molar-refractivity contribution in [3.63, 3.8) is 0 Å². The van der Waals surface area contributed by atoms with Crippen LogP contribution >= 0.6 is 0 Å². The summed E-state index contributed by atoms with van der Waals surface area (Å²) < 4.78 is 52.1. The third kappa shape index (κ3) is 1.89. The largest absolute Gasteiger partial charge is 0.278 e. The summed E-state index contributed by atoms with van der Waals surface area (Å²) in [6.45, 7) is 2.56. The van der Waals surface area contributed by atoms with Gasteiger partial charge in [0, 0.05) is 12.0 Å². The van der Waals surface area contributed by atoms with Gasteiger partial charge in [0.25, 0.3) is 5.92 Å². The average Bonchev–Trinajstić information content (AvgIpc) is 2.02. The van der Waals surface area contributed by atoms with Gasteiger partial charge in [0.05, 0.1) is 5.56 Å². The van der Waals surface area contributed by atoms with Crippen LogP contribution in [0.5, 0.6) is 0 Å². The van der Waals surface area contributed by atoms with Gasteiger partial charge in [-0.2, -0.15) is 0 Å². The minimum absolute atomic E-state index is 0.464. The highest BCUT2D eigenvalue weighted by Gasteiger charge is 2.38. The fourth-order valence-corrected chi connectivity index (χ4v) is 1.07. The third-order valence-corrected chi connectivity index (χ3v) is 2.02. The van der Waals surface area contributed by atoms with E-state index >= 15 is 0 Å². The van der Waals surface area contributed by atoms with Crippen LogP contribution in [-0.4, -0.2) is 0 Å². The lowest BCUT2D eigenvalue weighted by atomic mass is 9.97. The molecular formula is C10H10F4. The summed E-state index contributed by atoms with van der Waals surface area (Å²) in [6, 6.07) is 2.07. The van der Waals surface area contributed by atoms with Crippen LogP contribution in [0.2, 0.25) is 0 Å². The van der Waals surface area contributed by atoms with Crippen LogP contribution in [0.1, 0.15) is 19.4 Å². The number of hydrogen-bond donors (Lipinski definition) is 0. The van der Waals surface area contributed by atoms with Crippen molar-refractivity contribution in [2.24, 2.45) is 5.92 Å². The van der Waals surface area contributed by atoms with Gasteiger partial charge in [-0.3, -0.25) is 0 Å². The predicted molar refractivity (Wildman–Crippen MR) is 45.1 cm³/mol. The highest BCUT2D eigenvalue weighted by Crippen LogP contribution is 2.36. The Morgan fingerprint density at radius 3 is 2.14 bits per heavy atom. The molecule has 0 bridgehead atoms. The molecule has 1 aromatic rings. The predicted octanol–water partition coefficient (Wildman–Crippen LogP) is 3.71. The Hall–Kier alpha value is -1.06. The van der Waals surface area contributed by atoms with Gasteiger partial charge >= 0.3 is 0 Å². The molecule has 14 heavy (non-hydrogen) atoms. The van der Waals surface area contributed by atoms with E-state index in [0.29, 0.717) is 6.07 Å². The first-order valence-corrected chi connectivity index (χ1v) is 4.19. The number of hydrogen-bond acceptors (Lipinski definition) is 0. The molecule has 0 spiro atoms. The van der Waals surface area contributed by atoms with Crippen LogP contribution in [0.25, 0.3) is 0 Å². The summed E-state index contributed by atoms with van der Waals surface area (Å²) in [6.07, 6.45) is 0.